The van der Waals surface area contributed by atoms with Crippen LogP contribution in [0.4, 0.5) is 0 Å². The smallest absolute Gasteiger partial charge is 0.127 e. The molecule has 0 saturated heterocycles. The molecule has 3 nitrogen and oxygen atoms in total. The van der Waals surface area contributed by atoms with Crippen molar-refractivity contribution in [2.45, 2.75) is 19.7 Å². The Morgan fingerprint density at radius 3 is 2.47 bits per heavy atom. The van der Waals surface area contributed by atoms with Crippen LogP contribution in [0.2, 0.25) is 5.02 Å². The summed E-state index contributed by atoms with van der Waals surface area (Å²) in [5, 5.41) is 23.0. The van der Waals surface area contributed by atoms with Crippen LogP contribution in [0.25, 0.3) is 11.1 Å². The number of phenols is 1. The van der Waals surface area contributed by atoms with E-state index in [4.69, 9.17) is 11.6 Å². The van der Waals surface area contributed by atoms with Crippen molar-refractivity contribution in [1.29, 1.82) is 0 Å². The quantitative estimate of drug-likeness (QED) is 0.753. The minimum atomic E-state index is -0.622. The number of aliphatic hydroxyl groups is 1. The molecular formula is C15H16ClNO2. The zero-order valence-electron chi connectivity index (χ0n) is 10.6. The summed E-state index contributed by atoms with van der Waals surface area (Å²) in [6, 6.07) is 12.9. The summed E-state index contributed by atoms with van der Waals surface area (Å²) in [7, 11) is 0. The summed E-state index contributed by atoms with van der Waals surface area (Å²) in [4.78, 5) is 0. The molecule has 1 atom stereocenters. The van der Waals surface area contributed by atoms with Gasteiger partial charge in [0.1, 0.15) is 12.0 Å². The highest BCUT2D eigenvalue weighted by atomic mass is 35.5. The lowest BCUT2D eigenvalue weighted by Crippen LogP contribution is -2.24. The van der Waals surface area contributed by atoms with Crippen molar-refractivity contribution in [2.75, 3.05) is 0 Å². The molecule has 0 radical (unpaired) electrons. The van der Waals surface area contributed by atoms with Crippen molar-refractivity contribution in [3.63, 3.8) is 0 Å². The Morgan fingerprint density at radius 1 is 1.11 bits per heavy atom. The number of para-hydroxylation sites is 1. The van der Waals surface area contributed by atoms with Crippen molar-refractivity contribution in [1.82, 2.24) is 5.32 Å². The van der Waals surface area contributed by atoms with Gasteiger partial charge in [-0.1, -0.05) is 48.0 Å². The van der Waals surface area contributed by atoms with Gasteiger partial charge in [0.2, 0.25) is 0 Å². The second-order valence-electron chi connectivity index (χ2n) is 4.35. The Balaban J connectivity index is 2.37. The Bertz CT molecular complexity index is 570. The zero-order chi connectivity index (χ0) is 13.8. The molecule has 0 fully saturated rings. The van der Waals surface area contributed by atoms with Gasteiger partial charge in [-0.2, -0.15) is 0 Å². The third-order valence-electron chi connectivity index (χ3n) is 2.87. The number of halogens is 1. The molecule has 2 aromatic carbocycles. The first-order valence-electron chi connectivity index (χ1n) is 6.07. The predicted molar refractivity (Wildman–Crippen MR) is 77.1 cm³/mol. The lowest BCUT2D eigenvalue weighted by atomic mass is 10.0. The molecule has 2 rings (SSSR count). The van der Waals surface area contributed by atoms with Crippen molar-refractivity contribution < 1.29 is 10.2 Å². The molecule has 3 N–H and O–H groups in total. The van der Waals surface area contributed by atoms with E-state index in [1.54, 1.807) is 13.0 Å². The second-order valence-corrected chi connectivity index (χ2v) is 4.76. The molecule has 0 amide bonds. The van der Waals surface area contributed by atoms with Gasteiger partial charge in [0.05, 0.1) is 0 Å². The molecule has 0 saturated carbocycles. The molecule has 2 aromatic rings. The highest BCUT2D eigenvalue weighted by molar-refractivity contribution is 6.33. The van der Waals surface area contributed by atoms with Gasteiger partial charge in [-0.15, -0.1) is 0 Å². The van der Waals surface area contributed by atoms with E-state index >= 15 is 0 Å². The number of nitrogens with one attached hydrogen (secondary N) is 1. The van der Waals surface area contributed by atoms with Crippen LogP contribution < -0.4 is 5.32 Å². The van der Waals surface area contributed by atoms with Crippen molar-refractivity contribution in [3.05, 3.63) is 53.1 Å². The number of aromatic hydroxyl groups is 1. The highest BCUT2D eigenvalue weighted by Crippen LogP contribution is 2.36. The van der Waals surface area contributed by atoms with E-state index in [0.29, 0.717) is 17.1 Å². The van der Waals surface area contributed by atoms with E-state index in [2.05, 4.69) is 5.32 Å². The van der Waals surface area contributed by atoms with E-state index in [0.717, 1.165) is 11.1 Å². The summed E-state index contributed by atoms with van der Waals surface area (Å²) in [6.45, 7) is 2.02. The van der Waals surface area contributed by atoms with Crippen LogP contribution in [0.5, 0.6) is 5.75 Å². The maximum Gasteiger partial charge on any atom is 0.127 e. The monoisotopic (exact) mass is 277 g/mol. The largest absolute Gasteiger partial charge is 0.507 e. The Kier molecular flexibility index (Phi) is 4.43. The molecule has 0 aliphatic rings. The zero-order valence-corrected chi connectivity index (χ0v) is 11.4. The number of hydrogen-bond donors (Lipinski definition) is 3. The third kappa shape index (κ3) is 3.26. The van der Waals surface area contributed by atoms with Gasteiger partial charge in [0, 0.05) is 28.3 Å². The maximum absolute atomic E-state index is 10.3. The molecule has 0 aliphatic carbocycles. The number of aliphatic hydroxyl groups excluding tert-OH is 1. The predicted octanol–water partition coefficient (Wildman–Crippen LogP) is 3.14. The van der Waals surface area contributed by atoms with E-state index in [9.17, 15) is 10.2 Å². The molecule has 1 unspecified atom stereocenters. The lowest BCUT2D eigenvalue weighted by molar-refractivity contribution is 0.154. The molecule has 0 bridgehead atoms. The SMILES string of the molecule is CC(O)NCc1cccc(-c2ccccc2Cl)c1O. The maximum atomic E-state index is 10.3. The molecule has 4 heteroatoms. The van der Waals surface area contributed by atoms with Gasteiger partial charge in [0.15, 0.2) is 0 Å². The fourth-order valence-corrected chi connectivity index (χ4v) is 2.13. The van der Waals surface area contributed by atoms with Crippen LogP contribution in [0.3, 0.4) is 0 Å². The van der Waals surface area contributed by atoms with Gasteiger partial charge in [0.25, 0.3) is 0 Å². The van der Waals surface area contributed by atoms with Crippen molar-refractivity contribution in [3.8, 4) is 16.9 Å². The van der Waals surface area contributed by atoms with Gasteiger partial charge >= 0.3 is 0 Å². The van der Waals surface area contributed by atoms with Crippen LogP contribution >= 0.6 is 11.6 Å². The molecule has 0 aliphatic heterocycles. The number of phenolic OH excluding ortho intramolecular Hbond substituents is 1. The Labute approximate surface area is 117 Å². The average Bonchev–Trinajstić information content (AvgIpc) is 2.38. The molecule has 0 spiro atoms. The molecular weight excluding hydrogens is 262 g/mol. The average molecular weight is 278 g/mol. The second kappa shape index (κ2) is 6.06. The summed E-state index contributed by atoms with van der Waals surface area (Å²) in [5.41, 5.74) is 2.20. The summed E-state index contributed by atoms with van der Waals surface area (Å²) in [6.07, 6.45) is -0.622. The lowest BCUT2D eigenvalue weighted by Gasteiger charge is -2.13. The third-order valence-corrected chi connectivity index (χ3v) is 3.20. The van der Waals surface area contributed by atoms with E-state index in [1.807, 2.05) is 36.4 Å². The van der Waals surface area contributed by atoms with Crippen LogP contribution in [-0.4, -0.2) is 16.4 Å². The first kappa shape index (κ1) is 13.9. The first-order valence-corrected chi connectivity index (χ1v) is 6.44. The van der Waals surface area contributed by atoms with Gasteiger partial charge in [-0.05, 0) is 13.0 Å². The molecule has 0 aromatic heterocycles. The summed E-state index contributed by atoms with van der Waals surface area (Å²) in [5.74, 6) is 0.184. The molecule has 19 heavy (non-hydrogen) atoms. The molecule has 100 valence electrons. The fraction of sp³-hybridized carbons (Fsp3) is 0.200. The van der Waals surface area contributed by atoms with Crippen molar-refractivity contribution in [2.24, 2.45) is 0 Å². The van der Waals surface area contributed by atoms with E-state index in [-0.39, 0.29) is 5.75 Å². The fourth-order valence-electron chi connectivity index (χ4n) is 1.89. The van der Waals surface area contributed by atoms with Gasteiger partial charge in [-0.3, -0.25) is 5.32 Å². The minimum Gasteiger partial charge on any atom is -0.507 e. The topological polar surface area (TPSA) is 52.5 Å². The van der Waals surface area contributed by atoms with Gasteiger partial charge < -0.3 is 10.2 Å². The number of benzene rings is 2. The highest BCUT2D eigenvalue weighted by Gasteiger charge is 2.11. The summed E-state index contributed by atoms with van der Waals surface area (Å²) >= 11 is 6.14. The van der Waals surface area contributed by atoms with Crippen LogP contribution in [-0.2, 0) is 6.54 Å². The van der Waals surface area contributed by atoms with Gasteiger partial charge in [-0.25, -0.2) is 0 Å². The standard InChI is InChI=1S/C15H16ClNO2/c1-10(18)17-9-11-5-4-7-13(15(11)19)12-6-2-3-8-14(12)16/h2-8,10,17-19H,9H2,1H3. The Hall–Kier alpha value is -1.55. The normalized spacial score (nSPS) is 12.4. The van der Waals surface area contributed by atoms with Crippen LogP contribution in [0, 0.1) is 0 Å². The molecule has 0 heterocycles. The van der Waals surface area contributed by atoms with Crippen LogP contribution in [0.15, 0.2) is 42.5 Å². The number of hydrogen-bond acceptors (Lipinski definition) is 3. The van der Waals surface area contributed by atoms with E-state index < -0.39 is 6.23 Å². The van der Waals surface area contributed by atoms with Crippen LogP contribution in [0.1, 0.15) is 12.5 Å². The number of rotatable bonds is 4. The summed E-state index contributed by atoms with van der Waals surface area (Å²) < 4.78 is 0. The minimum absolute atomic E-state index is 0.184. The van der Waals surface area contributed by atoms with Crippen molar-refractivity contribution >= 4 is 11.6 Å². The Morgan fingerprint density at radius 2 is 1.79 bits per heavy atom. The van der Waals surface area contributed by atoms with E-state index in [1.165, 1.54) is 0 Å². The first-order chi connectivity index (χ1) is 9.09.